The minimum Gasteiger partial charge on any atom is -0.369 e. The molecule has 1 aliphatic rings. The van der Waals surface area contributed by atoms with Crippen molar-refractivity contribution >= 4 is 17.3 Å². The second-order valence-electron chi connectivity index (χ2n) is 6.56. The number of benzene rings is 2. The zero-order valence-electron chi connectivity index (χ0n) is 15.3. The number of amides is 1. The van der Waals surface area contributed by atoms with Crippen molar-refractivity contribution in [2.24, 2.45) is 0 Å². The Kier molecular flexibility index (Phi) is 5.55. The Morgan fingerprint density at radius 2 is 1.81 bits per heavy atom. The van der Waals surface area contributed by atoms with Gasteiger partial charge in [0.05, 0.1) is 11.6 Å². The number of piperazine rings is 1. The molecule has 0 atom stereocenters. The van der Waals surface area contributed by atoms with Gasteiger partial charge in [0, 0.05) is 43.1 Å². The topological polar surface area (TPSA) is 59.4 Å². The summed E-state index contributed by atoms with van der Waals surface area (Å²) in [5.41, 5.74) is 4.15. The average Bonchev–Trinajstić information content (AvgIpc) is 2.69. The lowest BCUT2D eigenvalue weighted by molar-refractivity contribution is 0.102. The molecule has 1 N–H and O–H groups in total. The number of carbonyl (C=O) groups excluding carboxylic acids is 1. The highest BCUT2D eigenvalue weighted by molar-refractivity contribution is 6.04. The second kappa shape index (κ2) is 8.03. The van der Waals surface area contributed by atoms with E-state index >= 15 is 0 Å². The fourth-order valence-electron chi connectivity index (χ4n) is 3.20. The number of nitrogens with zero attached hydrogens (tertiary/aromatic N) is 3. The van der Waals surface area contributed by atoms with Crippen molar-refractivity contribution in [3.05, 3.63) is 59.2 Å². The minimum absolute atomic E-state index is 0.165. The van der Waals surface area contributed by atoms with E-state index in [1.165, 1.54) is 5.69 Å². The van der Waals surface area contributed by atoms with Gasteiger partial charge in [0.25, 0.3) is 5.91 Å². The number of anilines is 2. The van der Waals surface area contributed by atoms with Crippen LogP contribution in [0.15, 0.2) is 42.5 Å². The summed E-state index contributed by atoms with van der Waals surface area (Å²) in [6.45, 7) is 9.56. The van der Waals surface area contributed by atoms with Crippen LogP contribution in [0.5, 0.6) is 0 Å². The van der Waals surface area contributed by atoms with Crippen LogP contribution in [0.25, 0.3) is 0 Å². The molecule has 2 aromatic carbocycles. The third-order valence-electron chi connectivity index (χ3n) is 4.92. The van der Waals surface area contributed by atoms with Crippen LogP contribution in [0.3, 0.4) is 0 Å². The van der Waals surface area contributed by atoms with Gasteiger partial charge in [-0.15, -0.1) is 0 Å². The lowest BCUT2D eigenvalue weighted by Gasteiger charge is -2.35. The summed E-state index contributed by atoms with van der Waals surface area (Å²) >= 11 is 0. The van der Waals surface area contributed by atoms with Gasteiger partial charge in [-0.1, -0.05) is 6.92 Å². The van der Waals surface area contributed by atoms with Crippen molar-refractivity contribution < 1.29 is 4.79 Å². The highest BCUT2D eigenvalue weighted by Crippen LogP contribution is 2.24. The van der Waals surface area contributed by atoms with Gasteiger partial charge in [0.1, 0.15) is 0 Å². The first-order valence-electron chi connectivity index (χ1n) is 9.00. The summed E-state index contributed by atoms with van der Waals surface area (Å²) in [4.78, 5) is 17.3. The number of nitriles is 1. The van der Waals surface area contributed by atoms with E-state index in [0.717, 1.165) is 44.0 Å². The van der Waals surface area contributed by atoms with Crippen molar-refractivity contribution in [1.29, 1.82) is 5.26 Å². The number of carbonyl (C=O) groups is 1. The molecule has 0 aliphatic carbocycles. The zero-order chi connectivity index (χ0) is 18.5. The fraction of sp³-hybridized carbons (Fsp3) is 0.333. The highest BCUT2D eigenvalue weighted by atomic mass is 16.1. The smallest absolute Gasteiger partial charge is 0.255 e. The summed E-state index contributed by atoms with van der Waals surface area (Å²) in [5.74, 6) is -0.165. The number of aryl methyl sites for hydroxylation is 1. The van der Waals surface area contributed by atoms with Gasteiger partial charge in [-0.25, -0.2) is 0 Å². The van der Waals surface area contributed by atoms with E-state index in [2.05, 4.69) is 40.2 Å². The standard InChI is InChI=1S/C21H24N4O/c1-3-24-10-12-25(13-11-24)19-8-9-20(16(2)14-19)23-21(26)18-6-4-17(15-22)5-7-18/h4-9,14H,3,10-13H2,1-2H3,(H,23,26). The fourth-order valence-corrected chi connectivity index (χ4v) is 3.20. The van der Waals surface area contributed by atoms with Crippen molar-refractivity contribution in [3.63, 3.8) is 0 Å². The molecule has 5 heteroatoms. The van der Waals surface area contributed by atoms with E-state index in [1.807, 2.05) is 13.0 Å². The maximum absolute atomic E-state index is 12.4. The van der Waals surface area contributed by atoms with Crippen LogP contribution in [0.4, 0.5) is 11.4 Å². The zero-order valence-corrected chi connectivity index (χ0v) is 15.3. The summed E-state index contributed by atoms with van der Waals surface area (Å²) < 4.78 is 0. The Labute approximate surface area is 154 Å². The van der Waals surface area contributed by atoms with Crippen LogP contribution in [-0.4, -0.2) is 43.5 Å². The van der Waals surface area contributed by atoms with E-state index in [4.69, 9.17) is 5.26 Å². The van der Waals surface area contributed by atoms with Crippen LogP contribution in [-0.2, 0) is 0 Å². The molecule has 0 aromatic heterocycles. The molecular formula is C21H24N4O. The number of likely N-dealkylation sites (N-methyl/N-ethyl adjacent to an activating group) is 1. The summed E-state index contributed by atoms with van der Waals surface area (Å²) in [6.07, 6.45) is 0. The van der Waals surface area contributed by atoms with Gasteiger partial charge in [-0.05, 0) is 61.5 Å². The van der Waals surface area contributed by atoms with E-state index in [1.54, 1.807) is 24.3 Å². The number of hydrogen-bond donors (Lipinski definition) is 1. The second-order valence-corrected chi connectivity index (χ2v) is 6.56. The van der Waals surface area contributed by atoms with Crippen LogP contribution in [0.2, 0.25) is 0 Å². The van der Waals surface area contributed by atoms with Crippen LogP contribution in [0.1, 0.15) is 28.4 Å². The Morgan fingerprint density at radius 1 is 1.12 bits per heavy atom. The van der Waals surface area contributed by atoms with Crippen LogP contribution < -0.4 is 10.2 Å². The first-order chi connectivity index (χ1) is 12.6. The molecule has 26 heavy (non-hydrogen) atoms. The molecule has 0 unspecified atom stereocenters. The molecule has 0 bridgehead atoms. The molecular weight excluding hydrogens is 324 g/mol. The highest BCUT2D eigenvalue weighted by Gasteiger charge is 2.16. The third-order valence-corrected chi connectivity index (χ3v) is 4.92. The predicted octanol–water partition coefficient (Wildman–Crippen LogP) is 3.26. The van der Waals surface area contributed by atoms with Gasteiger partial charge in [0.2, 0.25) is 0 Å². The van der Waals surface area contributed by atoms with Crippen LogP contribution in [0, 0.1) is 18.3 Å². The first kappa shape index (κ1) is 18.0. The first-order valence-corrected chi connectivity index (χ1v) is 9.00. The van der Waals surface area contributed by atoms with Gasteiger partial charge in [0.15, 0.2) is 0 Å². The molecule has 134 valence electrons. The van der Waals surface area contributed by atoms with Gasteiger partial charge >= 0.3 is 0 Å². The Hall–Kier alpha value is -2.84. The Morgan fingerprint density at radius 3 is 2.38 bits per heavy atom. The maximum Gasteiger partial charge on any atom is 0.255 e. The summed E-state index contributed by atoms with van der Waals surface area (Å²) in [6, 6.07) is 14.9. The van der Waals surface area contributed by atoms with Gasteiger partial charge in [-0.3, -0.25) is 4.79 Å². The molecule has 1 heterocycles. The molecule has 1 fully saturated rings. The van der Waals surface area contributed by atoms with Crippen molar-refractivity contribution in [1.82, 2.24) is 4.90 Å². The van der Waals surface area contributed by atoms with E-state index in [0.29, 0.717) is 11.1 Å². The predicted molar refractivity (Wildman–Crippen MR) is 105 cm³/mol. The SMILES string of the molecule is CCN1CCN(c2ccc(NC(=O)c3ccc(C#N)cc3)c(C)c2)CC1. The largest absolute Gasteiger partial charge is 0.369 e. The molecule has 0 radical (unpaired) electrons. The molecule has 1 saturated heterocycles. The average molecular weight is 348 g/mol. The van der Waals surface area contributed by atoms with Crippen LogP contribution >= 0.6 is 0 Å². The lowest BCUT2D eigenvalue weighted by atomic mass is 10.1. The molecule has 2 aromatic rings. The number of rotatable bonds is 4. The molecule has 5 nitrogen and oxygen atoms in total. The number of hydrogen-bond acceptors (Lipinski definition) is 4. The molecule has 0 spiro atoms. The summed E-state index contributed by atoms with van der Waals surface area (Å²) in [5, 5.41) is 11.8. The van der Waals surface area contributed by atoms with Gasteiger partial charge < -0.3 is 15.1 Å². The summed E-state index contributed by atoms with van der Waals surface area (Å²) in [7, 11) is 0. The van der Waals surface area contributed by atoms with Crippen molar-refractivity contribution in [2.45, 2.75) is 13.8 Å². The van der Waals surface area contributed by atoms with Crippen molar-refractivity contribution in [3.8, 4) is 6.07 Å². The lowest BCUT2D eigenvalue weighted by Crippen LogP contribution is -2.46. The molecule has 1 aliphatic heterocycles. The van der Waals surface area contributed by atoms with Gasteiger partial charge in [-0.2, -0.15) is 5.26 Å². The molecule has 3 rings (SSSR count). The van der Waals surface area contributed by atoms with E-state index in [9.17, 15) is 4.79 Å². The third kappa shape index (κ3) is 4.04. The molecule has 1 amide bonds. The maximum atomic E-state index is 12.4. The monoisotopic (exact) mass is 348 g/mol. The molecule has 0 saturated carbocycles. The van der Waals surface area contributed by atoms with E-state index in [-0.39, 0.29) is 5.91 Å². The van der Waals surface area contributed by atoms with Crippen molar-refractivity contribution in [2.75, 3.05) is 42.9 Å². The minimum atomic E-state index is -0.165. The Bertz CT molecular complexity index is 815. The normalized spacial score (nSPS) is 14.7. The Balaban J connectivity index is 1.67. The number of nitrogens with one attached hydrogen (secondary N) is 1. The van der Waals surface area contributed by atoms with E-state index < -0.39 is 0 Å². The quantitative estimate of drug-likeness (QED) is 0.921.